The Kier molecular flexibility index (Phi) is 23.3. The van der Waals surface area contributed by atoms with Crippen LogP contribution in [-0.2, 0) is 49.6 Å². The number of aliphatic hydroxyl groups is 3. The average molecular weight is 923 g/mol. The Morgan fingerprint density at radius 2 is 1.22 bits per heavy atom. The number of unbranched alkanes of at least 4 members (excludes halogenated alkanes) is 1. The summed E-state index contributed by atoms with van der Waals surface area (Å²) < 4.78 is 0. The molecule has 1 aromatic rings. The van der Waals surface area contributed by atoms with Crippen LogP contribution in [0.3, 0.4) is 0 Å². The van der Waals surface area contributed by atoms with Gasteiger partial charge >= 0.3 is 5.97 Å². The highest BCUT2D eigenvalue weighted by atomic mass is 16.4. The number of benzene rings is 1. The van der Waals surface area contributed by atoms with Crippen molar-refractivity contribution in [2.75, 3.05) is 32.9 Å². The van der Waals surface area contributed by atoms with E-state index in [4.69, 9.17) is 16.6 Å². The number of aliphatic carboxylic acids is 1. The third kappa shape index (κ3) is 17.2. The Morgan fingerprint density at radius 1 is 0.692 bits per heavy atom. The first-order chi connectivity index (χ1) is 30.7. The molecule has 24 nitrogen and oxygen atoms in total. The van der Waals surface area contributed by atoms with Crippen LogP contribution < -0.4 is 48.7 Å². The van der Waals surface area contributed by atoms with Crippen molar-refractivity contribution in [3.05, 3.63) is 29.8 Å². The van der Waals surface area contributed by atoms with Crippen molar-refractivity contribution in [2.24, 2.45) is 17.4 Å². The molecule has 0 radical (unpaired) electrons. The van der Waals surface area contributed by atoms with Crippen molar-refractivity contribution in [1.82, 2.24) is 42.1 Å². The summed E-state index contributed by atoms with van der Waals surface area (Å²) in [5, 5.41) is 65.5. The standard InChI is InChI=1S/C41H66N10O14/c1-5-21(2)32(39(62)45-26(9-6-7-15-42)34(57)44-23(4)33(56)49-30(20-54)41(64)65)50-37(60)29(19-53)47-35(58)27(17-24-11-13-25(55)14-12-24)46-36(59)28(18-52)48-38(61)31-10-8-16-51(31)40(63)22(3)43/h11-14,21-23,26-32,52-55H,5-10,15-20,42-43H2,1-4H3,(H,44,57)(H,45,62)(H,46,59)(H,47,58)(H,48,61)(H,49,56)(H,50,60)(H,64,65)/t21-,22+,23-,26-,27-,28-,29-,30-,31-,32-/m0/s1. The highest BCUT2D eigenvalue weighted by Gasteiger charge is 2.38. The van der Waals surface area contributed by atoms with Crippen LogP contribution in [0.25, 0.3) is 0 Å². The molecule has 0 unspecified atom stereocenters. The largest absolute Gasteiger partial charge is 0.508 e. The number of phenols is 1. The van der Waals surface area contributed by atoms with Crippen molar-refractivity contribution < 1.29 is 68.7 Å². The van der Waals surface area contributed by atoms with Gasteiger partial charge in [0.15, 0.2) is 0 Å². The van der Waals surface area contributed by atoms with Gasteiger partial charge < -0.3 is 79.1 Å². The van der Waals surface area contributed by atoms with Gasteiger partial charge in [-0.3, -0.25) is 38.4 Å². The van der Waals surface area contributed by atoms with Crippen LogP contribution in [0.1, 0.15) is 71.8 Å². The normalized spacial score (nSPS) is 17.6. The number of nitrogens with zero attached hydrogens (tertiary/aromatic N) is 1. The molecule has 1 saturated heterocycles. The zero-order valence-corrected chi connectivity index (χ0v) is 37.1. The zero-order chi connectivity index (χ0) is 49.0. The number of carbonyl (C=O) groups is 9. The molecular formula is C41H66N10O14. The number of nitrogens with one attached hydrogen (secondary N) is 7. The van der Waals surface area contributed by atoms with Gasteiger partial charge in [-0.2, -0.15) is 0 Å². The summed E-state index contributed by atoms with van der Waals surface area (Å²) in [6.07, 6.45) is 1.66. The molecule has 1 aromatic carbocycles. The highest BCUT2D eigenvalue weighted by molar-refractivity contribution is 5.98. The van der Waals surface area contributed by atoms with E-state index in [9.17, 15) is 63.6 Å². The molecule has 16 N–H and O–H groups in total. The lowest BCUT2D eigenvalue weighted by atomic mass is 9.97. The number of likely N-dealkylation sites (tertiary alicyclic amines) is 1. The summed E-state index contributed by atoms with van der Waals surface area (Å²) in [7, 11) is 0. The maximum atomic E-state index is 13.9. The molecule has 1 aliphatic heterocycles. The molecule has 0 spiro atoms. The number of carboxylic acids is 1. The van der Waals surface area contributed by atoms with E-state index in [-0.39, 0.29) is 38.1 Å². The Morgan fingerprint density at radius 3 is 1.77 bits per heavy atom. The number of rotatable bonds is 27. The average Bonchev–Trinajstić information content (AvgIpc) is 3.77. The first-order valence-corrected chi connectivity index (χ1v) is 21.4. The van der Waals surface area contributed by atoms with Crippen molar-refractivity contribution in [3.8, 4) is 5.75 Å². The Bertz CT molecular complexity index is 1800. The van der Waals surface area contributed by atoms with Gasteiger partial charge in [0.25, 0.3) is 0 Å². The lowest BCUT2D eigenvalue weighted by molar-refractivity contribution is -0.143. The quantitative estimate of drug-likeness (QED) is 0.0367. The fourth-order valence-corrected chi connectivity index (χ4v) is 6.68. The number of nitrogens with two attached hydrogens (primary N) is 2. The topological polar surface area (TPSA) is 394 Å². The van der Waals surface area contributed by atoms with Crippen LogP contribution in [-0.4, -0.2) is 171 Å². The van der Waals surface area contributed by atoms with E-state index in [1.165, 1.54) is 43.0 Å². The molecule has 1 fully saturated rings. The number of aromatic hydroxyl groups is 1. The first kappa shape index (κ1) is 55.2. The van der Waals surface area contributed by atoms with E-state index in [1.807, 2.05) is 0 Å². The molecule has 10 atom stereocenters. The predicted molar refractivity (Wildman–Crippen MR) is 231 cm³/mol. The molecule has 0 aromatic heterocycles. The molecule has 65 heavy (non-hydrogen) atoms. The lowest BCUT2D eigenvalue weighted by Crippen LogP contribution is -2.62. The summed E-state index contributed by atoms with van der Waals surface area (Å²) in [4.78, 5) is 119. The second-order valence-electron chi connectivity index (χ2n) is 15.9. The minimum Gasteiger partial charge on any atom is -0.508 e. The van der Waals surface area contributed by atoms with Crippen LogP contribution in [0, 0.1) is 5.92 Å². The van der Waals surface area contributed by atoms with Gasteiger partial charge in [-0.25, -0.2) is 4.79 Å². The molecular weight excluding hydrogens is 857 g/mol. The van der Waals surface area contributed by atoms with Crippen LogP contribution >= 0.6 is 0 Å². The van der Waals surface area contributed by atoms with Crippen molar-refractivity contribution in [2.45, 2.75) is 127 Å². The van der Waals surface area contributed by atoms with E-state index >= 15 is 0 Å². The monoisotopic (exact) mass is 922 g/mol. The number of aliphatic hydroxyl groups excluding tert-OH is 3. The SMILES string of the molecule is CC[C@H](C)[C@H](NC(=O)[C@H](CO)NC(=O)[C@H](Cc1ccc(O)cc1)NC(=O)[C@H](CO)NC(=O)[C@@H]1CCCN1C(=O)[C@@H](C)N)C(=O)N[C@@H](CCCCN)C(=O)N[C@@H](C)C(=O)N[C@@H](CO)C(=O)O. The van der Waals surface area contributed by atoms with Gasteiger partial charge in [0.05, 0.1) is 25.9 Å². The lowest BCUT2D eigenvalue weighted by Gasteiger charge is -2.29. The predicted octanol–water partition coefficient (Wildman–Crippen LogP) is -5.08. The molecule has 0 saturated carbocycles. The molecule has 24 heteroatoms. The third-order valence-corrected chi connectivity index (χ3v) is 10.8. The minimum absolute atomic E-state index is 0.0369. The van der Waals surface area contributed by atoms with E-state index in [0.717, 1.165) is 0 Å². The van der Waals surface area contributed by atoms with Gasteiger partial charge in [-0.1, -0.05) is 32.4 Å². The third-order valence-electron chi connectivity index (χ3n) is 10.8. The number of carbonyl (C=O) groups excluding carboxylic acids is 8. The van der Waals surface area contributed by atoms with E-state index in [1.54, 1.807) is 13.8 Å². The number of phenolic OH excluding ortho intramolecular Hbond substituents is 1. The van der Waals surface area contributed by atoms with Crippen LogP contribution in [0.4, 0.5) is 0 Å². The minimum atomic E-state index is -1.72. The van der Waals surface area contributed by atoms with Crippen molar-refractivity contribution >= 4 is 53.2 Å². The fraction of sp³-hybridized carbons (Fsp3) is 0.634. The summed E-state index contributed by atoms with van der Waals surface area (Å²) in [5.74, 6) is -9.09. The molecule has 2 rings (SSSR count). The molecule has 1 heterocycles. The Labute approximate surface area is 376 Å². The zero-order valence-electron chi connectivity index (χ0n) is 37.1. The van der Waals surface area contributed by atoms with Crippen LogP contribution in [0.15, 0.2) is 24.3 Å². The maximum absolute atomic E-state index is 13.9. The first-order valence-electron chi connectivity index (χ1n) is 21.4. The molecule has 8 amide bonds. The van der Waals surface area contributed by atoms with E-state index < -0.39 is 133 Å². The molecule has 0 bridgehead atoms. The molecule has 0 aliphatic carbocycles. The van der Waals surface area contributed by atoms with Crippen LogP contribution in [0.2, 0.25) is 0 Å². The van der Waals surface area contributed by atoms with Gasteiger partial charge in [0.2, 0.25) is 47.3 Å². The van der Waals surface area contributed by atoms with Crippen molar-refractivity contribution in [3.63, 3.8) is 0 Å². The number of hydrogen-bond acceptors (Lipinski definition) is 15. The van der Waals surface area contributed by atoms with Crippen molar-refractivity contribution in [1.29, 1.82) is 0 Å². The Hall–Kier alpha value is -5.95. The van der Waals surface area contributed by atoms with E-state index in [2.05, 4.69) is 37.2 Å². The van der Waals surface area contributed by atoms with Gasteiger partial charge in [0.1, 0.15) is 54.1 Å². The van der Waals surface area contributed by atoms with Gasteiger partial charge in [-0.15, -0.1) is 0 Å². The summed E-state index contributed by atoms with van der Waals surface area (Å²) in [6.45, 7) is 3.75. The smallest absolute Gasteiger partial charge is 0.328 e. The maximum Gasteiger partial charge on any atom is 0.328 e. The molecule has 1 aliphatic rings. The number of carboxylic acid groups (broad SMARTS) is 1. The van der Waals surface area contributed by atoms with E-state index in [0.29, 0.717) is 31.2 Å². The summed E-state index contributed by atoms with van der Waals surface area (Å²) in [6, 6.07) is -6.72. The highest BCUT2D eigenvalue weighted by Crippen LogP contribution is 2.19. The van der Waals surface area contributed by atoms with Gasteiger partial charge in [-0.05, 0) is 76.1 Å². The molecule has 364 valence electrons. The van der Waals surface area contributed by atoms with Gasteiger partial charge in [0, 0.05) is 13.0 Å². The summed E-state index contributed by atoms with van der Waals surface area (Å²) in [5.41, 5.74) is 11.8. The second-order valence-corrected chi connectivity index (χ2v) is 15.9. The number of hydrogen-bond donors (Lipinski definition) is 14. The number of amides is 8. The summed E-state index contributed by atoms with van der Waals surface area (Å²) >= 11 is 0. The van der Waals surface area contributed by atoms with Crippen LogP contribution in [0.5, 0.6) is 5.75 Å². The Balaban J connectivity index is 2.29. The fourth-order valence-electron chi connectivity index (χ4n) is 6.68. The second kappa shape index (κ2) is 27.4.